The molecule has 0 amide bonds. The number of benzene rings is 2. The summed E-state index contributed by atoms with van der Waals surface area (Å²) in [7, 11) is 0. The van der Waals surface area contributed by atoms with Gasteiger partial charge in [-0.2, -0.15) is 0 Å². The fourth-order valence-electron chi connectivity index (χ4n) is 2.07. The second-order valence-corrected chi connectivity index (χ2v) is 5.93. The van der Waals surface area contributed by atoms with Crippen LogP contribution in [0.2, 0.25) is 10.0 Å². The standard InChI is InChI=1S/C18H13Cl2NO3/c19-13-3-1-12(2-4-13)16-11-21-17(24-16)9-10-18(22)23-15-7-5-14(20)6-8-15/h1-8,11H,9-10H2. The van der Waals surface area contributed by atoms with Gasteiger partial charge in [-0.1, -0.05) is 23.2 Å². The summed E-state index contributed by atoms with van der Waals surface area (Å²) in [6.07, 6.45) is 2.16. The Morgan fingerprint density at radius 1 is 1.00 bits per heavy atom. The lowest BCUT2D eigenvalue weighted by atomic mass is 10.2. The molecule has 0 fully saturated rings. The van der Waals surface area contributed by atoms with Gasteiger partial charge in [0.1, 0.15) is 5.75 Å². The van der Waals surface area contributed by atoms with E-state index in [1.165, 1.54) is 0 Å². The summed E-state index contributed by atoms with van der Waals surface area (Å²) < 4.78 is 10.9. The summed E-state index contributed by atoms with van der Waals surface area (Å²) in [5, 5.41) is 1.24. The third kappa shape index (κ3) is 4.37. The first-order chi connectivity index (χ1) is 11.6. The molecule has 0 aliphatic rings. The van der Waals surface area contributed by atoms with E-state index >= 15 is 0 Å². The minimum absolute atomic E-state index is 0.170. The Hall–Kier alpha value is -2.30. The molecule has 6 heteroatoms. The van der Waals surface area contributed by atoms with Crippen molar-refractivity contribution in [2.75, 3.05) is 0 Å². The highest BCUT2D eigenvalue weighted by Gasteiger charge is 2.10. The van der Waals surface area contributed by atoms with Gasteiger partial charge in [-0.25, -0.2) is 4.98 Å². The fourth-order valence-corrected chi connectivity index (χ4v) is 2.32. The van der Waals surface area contributed by atoms with Crippen molar-refractivity contribution in [2.45, 2.75) is 12.8 Å². The topological polar surface area (TPSA) is 52.3 Å². The molecule has 0 spiro atoms. The minimum Gasteiger partial charge on any atom is -0.441 e. The van der Waals surface area contributed by atoms with Gasteiger partial charge in [0, 0.05) is 22.0 Å². The largest absolute Gasteiger partial charge is 0.441 e. The van der Waals surface area contributed by atoms with Crippen LogP contribution >= 0.6 is 23.2 Å². The molecule has 122 valence electrons. The van der Waals surface area contributed by atoms with Gasteiger partial charge in [0.2, 0.25) is 0 Å². The predicted octanol–water partition coefficient (Wildman–Crippen LogP) is 5.19. The Kier molecular flexibility index (Phi) is 5.18. The Balaban J connectivity index is 1.56. The second kappa shape index (κ2) is 7.51. The zero-order valence-corrected chi connectivity index (χ0v) is 14.1. The zero-order chi connectivity index (χ0) is 16.9. The molecule has 0 aliphatic heterocycles. The van der Waals surface area contributed by atoms with Gasteiger partial charge in [-0.3, -0.25) is 4.79 Å². The van der Waals surface area contributed by atoms with Crippen molar-refractivity contribution in [3.63, 3.8) is 0 Å². The Morgan fingerprint density at radius 3 is 2.29 bits per heavy atom. The van der Waals surface area contributed by atoms with E-state index in [2.05, 4.69) is 4.98 Å². The Bertz CT molecular complexity index is 826. The van der Waals surface area contributed by atoms with Crippen molar-refractivity contribution in [3.8, 4) is 17.1 Å². The van der Waals surface area contributed by atoms with Crippen LogP contribution in [-0.2, 0) is 11.2 Å². The molecule has 3 rings (SSSR count). The molecule has 24 heavy (non-hydrogen) atoms. The van der Waals surface area contributed by atoms with E-state index in [0.717, 1.165) is 5.56 Å². The van der Waals surface area contributed by atoms with Gasteiger partial charge in [0.25, 0.3) is 0 Å². The number of carbonyl (C=O) groups is 1. The van der Waals surface area contributed by atoms with Crippen LogP contribution < -0.4 is 4.74 Å². The van der Waals surface area contributed by atoms with E-state index in [1.807, 2.05) is 12.1 Å². The molecule has 0 atom stereocenters. The van der Waals surface area contributed by atoms with E-state index in [0.29, 0.717) is 33.9 Å². The number of hydrogen-bond donors (Lipinski definition) is 0. The summed E-state index contributed by atoms with van der Waals surface area (Å²) in [6.45, 7) is 0. The van der Waals surface area contributed by atoms with Gasteiger partial charge < -0.3 is 9.15 Å². The zero-order valence-electron chi connectivity index (χ0n) is 12.5. The summed E-state index contributed by atoms with van der Waals surface area (Å²) in [5.74, 6) is 1.21. The van der Waals surface area contributed by atoms with Gasteiger partial charge in [-0.05, 0) is 48.5 Å². The molecule has 1 heterocycles. The molecule has 0 saturated carbocycles. The lowest BCUT2D eigenvalue weighted by Gasteiger charge is -2.03. The first kappa shape index (κ1) is 16.6. The van der Waals surface area contributed by atoms with Crippen molar-refractivity contribution in [3.05, 3.63) is 70.7 Å². The summed E-state index contributed by atoms with van der Waals surface area (Å²) >= 11 is 11.6. The highest BCUT2D eigenvalue weighted by Crippen LogP contribution is 2.23. The molecule has 2 aromatic carbocycles. The number of oxazole rings is 1. The van der Waals surface area contributed by atoms with Crippen LogP contribution in [0.15, 0.2) is 59.1 Å². The predicted molar refractivity (Wildman–Crippen MR) is 92.4 cm³/mol. The molecular formula is C18H13Cl2NO3. The number of aryl methyl sites for hydroxylation is 1. The van der Waals surface area contributed by atoms with Gasteiger partial charge >= 0.3 is 5.97 Å². The maximum absolute atomic E-state index is 11.8. The Morgan fingerprint density at radius 2 is 1.62 bits per heavy atom. The van der Waals surface area contributed by atoms with Crippen LogP contribution in [0, 0.1) is 0 Å². The van der Waals surface area contributed by atoms with Crippen molar-refractivity contribution in [1.29, 1.82) is 0 Å². The van der Waals surface area contributed by atoms with Crippen LogP contribution in [0.5, 0.6) is 5.75 Å². The monoisotopic (exact) mass is 361 g/mol. The average Bonchev–Trinajstić information content (AvgIpc) is 3.05. The number of halogens is 2. The smallest absolute Gasteiger partial charge is 0.311 e. The molecule has 0 bridgehead atoms. The molecule has 0 aliphatic carbocycles. The van der Waals surface area contributed by atoms with Crippen LogP contribution in [-0.4, -0.2) is 11.0 Å². The van der Waals surface area contributed by atoms with E-state index in [4.69, 9.17) is 32.4 Å². The minimum atomic E-state index is -0.358. The quantitative estimate of drug-likeness (QED) is 0.463. The molecule has 0 N–H and O–H groups in total. The summed E-state index contributed by atoms with van der Waals surface area (Å²) in [6, 6.07) is 13.9. The van der Waals surface area contributed by atoms with Crippen molar-refractivity contribution < 1.29 is 13.9 Å². The van der Waals surface area contributed by atoms with E-state index in [1.54, 1.807) is 42.6 Å². The molecular weight excluding hydrogens is 349 g/mol. The SMILES string of the molecule is O=C(CCc1ncc(-c2ccc(Cl)cc2)o1)Oc1ccc(Cl)cc1. The van der Waals surface area contributed by atoms with Gasteiger partial charge in [0.05, 0.1) is 12.6 Å². The molecule has 4 nitrogen and oxygen atoms in total. The first-order valence-electron chi connectivity index (χ1n) is 7.27. The third-order valence-corrected chi connectivity index (χ3v) is 3.77. The fraction of sp³-hybridized carbons (Fsp3) is 0.111. The van der Waals surface area contributed by atoms with Crippen LogP contribution in [0.1, 0.15) is 12.3 Å². The second-order valence-electron chi connectivity index (χ2n) is 5.05. The number of rotatable bonds is 5. The van der Waals surface area contributed by atoms with Crippen molar-refractivity contribution in [1.82, 2.24) is 4.98 Å². The van der Waals surface area contributed by atoms with Gasteiger partial charge in [0.15, 0.2) is 11.7 Å². The Labute approximate surface area is 149 Å². The summed E-state index contributed by atoms with van der Waals surface area (Å²) in [4.78, 5) is 16.0. The lowest BCUT2D eigenvalue weighted by Crippen LogP contribution is -2.09. The normalized spacial score (nSPS) is 10.6. The van der Waals surface area contributed by atoms with E-state index < -0.39 is 0 Å². The molecule has 3 aromatic rings. The van der Waals surface area contributed by atoms with Crippen molar-refractivity contribution in [2.24, 2.45) is 0 Å². The molecule has 1 aromatic heterocycles. The van der Waals surface area contributed by atoms with Crippen LogP contribution in [0.25, 0.3) is 11.3 Å². The van der Waals surface area contributed by atoms with E-state index in [-0.39, 0.29) is 12.4 Å². The number of carbonyl (C=O) groups excluding carboxylic acids is 1. The number of esters is 1. The molecule has 0 saturated heterocycles. The van der Waals surface area contributed by atoms with Crippen molar-refractivity contribution >= 4 is 29.2 Å². The number of hydrogen-bond acceptors (Lipinski definition) is 4. The number of nitrogens with zero attached hydrogens (tertiary/aromatic N) is 1. The average molecular weight is 362 g/mol. The number of ether oxygens (including phenoxy) is 1. The molecule has 0 unspecified atom stereocenters. The lowest BCUT2D eigenvalue weighted by molar-refractivity contribution is -0.134. The van der Waals surface area contributed by atoms with Crippen LogP contribution in [0.3, 0.4) is 0 Å². The maximum atomic E-state index is 11.8. The highest BCUT2D eigenvalue weighted by atomic mass is 35.5. The molecule has 0 radical (unpaired) electrons. The van der Waals surface area contributed by atoms with Crippen LogP contribution in [0.4, 0.5) is 0 Å². The highest BCUT2D eigenvalue weighted by molar-refractivity contribution is 6.30. The van der Waals surface area contributed by atoms with E-state index in [9.17, 15) is 4.79 Å². The first-order valence-corrected chi connectivity index (χ1v) is 8.02. The maximum Gasteiger partial charge on any atom is 0.311 e. The number of aromatic nitrogens is 1. The summed E-state index contributed by atoms with van der Waals surface area (Å²) in [5.41, 5.74) is 0.877. The van der Waals surface area contributed by atoms with Gasteiger partial charge in [-0.15, -0.1) is 0 Å². The third-order valence-electron chi connectivity index (χ3n) is 3.27.